The van der Waals surface area contributed by atoms with Crippen LogP contribution in [0.25, 0.3) is 0 Å². The fraction of sp³-hybridized carbons (Fsp3) is 0.474. The van der Waals surface area contributed by atoms with Gasteiger partial charge < -0.3 is 20.4 Å². The van der Waals surface area contributed by atoms with Crippen LogP contribution >= 0.6 is 0 Å². The molecule has 1 atom stereocenters. The maximum atomic E-state index is 11.9. The van der Waals surface area contributed by atoms with Crippen LogP contribution in [0.15, 0.2) is 39.9 Å². The quantitative estimate of drug-likeness (QED) is 0.501. The molecule has 0 aliphatic heterocycles. The number of anilines is 2. The van der Waals surface area contributed by atoms with E-state index in [1.807, 2.05) is 46.4 Å². The zero-order valence-electron chi connectivity index (χ0n) is 15.5. The summed E-state index contributed by atoms with van der Waals surface area (Å²) in [6.07, 6.45) is 0.912. The van der Waals surface area contributed by atoms with E-state index in [1.165, 1.54) is 5.56 Å². The minimum absolute atomic E-state index is 0.118. The molecule has 0 aliphatic rings. The monoisotopic (exact) mass is 344 g/mol. The van der Waals surface area contributed by atoms with Gasteiger partial charge in [-0.25, -0.2) is 0 Å². The van der Waals surface area contributed by atoms with Gasteiger partial charge in [-0.1, -0.05) is 30.3 Å². The summed E-state index contributed by atoms with van der Waals surface area (Å²) in [5.41, 5.74) is 1.15. The van der Waals surface area contributed by atoms with Crippen molar-refractivity contribution >= 4 is 11.4 Å². The van der Waals surface area contributed by atoms with Gasteiger partial charge in [-0.3, -0.25) is 9.59 Å². The second-order valence-corrected chi connectivity index (χ2v) is 6.76. The first kappa shape index (κ1) is 19.1. The molecule has 0 amide bonds. The number of hydrogen-bond donors (Lipinski definition) is 2. The lowest BCUT2D eigenvalue weighted by Crippen LogP contribution is -2.39. The van der Waals surface area contributed by atoms with Crippen LogP contribution in [0.3, 0.4) is 0 Å². The smallest absolute Gasteiger partial charge is 0.253 e. The highest BCUT2D eigenvalue weighted by molar-refractivity contribution is 5.74. The molecule has 0 heterocycles. The molecule has 0 saturated heterocycles. The van der Waals surface area contributed by atoms with Gasteiger partial charge in [0.15, 0.2) is 0 Å². The average molecular weight is 344 g/mol. The molecule has 0 unspecified atom stereocenters. The number of rotatable bonds is 10. The largest absolute Gasteiger partial charge is 0.380 e. The zero-order valence-corrected chi connectivity index (χ0v) is 15.5. The van der Waals surface area contributed by atoms with Crippen molar-refractivity contribution in [3.8, 4) is 0 Å². The molecular formula is C19H28N4O2. The molecule has 136 valence electrons. The highest BCUT2D eigenvalue weighted by atomic mass is 16.2. The molecule has 0 radical (unpaired) electrons. The van der Waals surface area contributed by atoms with Crippen molar-refractivity contribution in [2.75, 3.05) is 58.5 Å². The Hall–Kier alpha value is -2.18. The molecule has 2 N–H and O–H groups in total. The van der Waals surface area contributed by atoms with E-state index in [9.17, 15) is 9.59 Å². The Kier molecular flexibility index (Phi) is 6.73. The number of likely N-dealkylation sites (N-methyl/N-ethyl adjacent to an activating group) is 1. The summed E-state index contributed by atoms with van der Waals surface area (Å²) < 4.78 is 0. The molecule has 0 fully saturated rings. The fourth-order valence-electron chi connectivity index (χ4n) is 2.81. The molecule has 0 aliphatic carbocycles. The molecule has 2 aromatic rings. The lowest BCUT2D eigenvalue weighted by molar-refractivity contribution is 0.312. The van der Waals surface area contributed by atoms with E-state index in [-0.39, 0.29) is 6.04 Å². The van der Waals surface area contributed by atoms with Crippen molar-refractivity contribution < 1.29 is 0 Å². The Bertz CT molecular complexity index is 734. The van der Waals surface area contributed by atoms with E-state index in [4.69, 9.17) is 0 Å². The van der Waals surface area contributed by atoms with E-state index in [2.05, 4.69) is 32.6 Å². The summed E-state index contributed by atoms with van der Waals surface area (Å²) in [4.78, 5) is 27.9. The summed E-state index contributed by atoms with van der Waals surface area (Å²) in [5.74, 6) is 0. The van der Waals surface area contributed by atoms with Crippen LogP contribution in [-0.4, -0.2) is 57.6 Å². The van der Waals surface area contributed by atoms with E-state index in [0.29, 0.717) is 24.5 Å². The minimum Gasteiger partial charge on any atom is -0.380 e. The predicted molar refractivity (Wildman–Crippen MR) is 104 cm³/mol. The third kappa shape index (κ3) is 4.90. The van der Waals surface area contributed by atoms with Crippen molar-refractivity contribution in [2.24, 2.45) is 0 Å². The number of nitrogens with zero attached hydrogens (tertiary/aromatic N) is 2. The van der Waals surface area contributed by atoms with Crippen molar-refractivity contribution in [2.45, 2.75) is 12.5 Å². The second kappa shape index (κ2) is 8.78. The topological polar surface area (TPSA) is 64.7 Å². The lowest BCUT2D eigenvalue weighted by atomic mass is 10.1. The van der Waals surface area contributed by atoms with Crippen molar-refractivity contribution in [1.82, 2.24) is 9.80 Å². The molecule has 25 heavy (non-hydrogen) atoms. The van der Waals surface area contributed by atoms with Crippen LogP contribution in [0.2, 0.25) is 0 Å². The summed E-state index contributed by atoms with van der Waals surface area (Å²) in [6.45, 7) is 2.17. The molecule has 6 nitrogen and oxygen atoms in total. The van der Waals surface area contributed by atoms with Crippen molar-refractivity contribution in [1.29, 1.82) is 0 Å². The van der Waals surface area contributed by atoms with E-state index in [1.54, 1.807) is 0 Å². The normalized spacial score (nSPS) is 12.7. The predicted octanol–water partition coefficient (Wildman–Crippen LogP) is 1.36. The Labute approximate surface area is 149 Å². The molecule has 0 bridgehead atoms. The summed E-state index contributed by atoms with van der Waals surface area (Å²) in [7, 11) is 8.02. The number of benzene rings is 1. The van der Waals surface area contributed by atoms with Gasteiger partial charge in [0.05, 0.1) is 6.04 Å². The zero-order chi connectivity index (χ0) is 18.4. The SMILES string of the molecule is CN(C)CCCNc1c(NC[C@H](c2ccccc2)N(C)C)c(=O)c1=O. The second-order valence-electron chi connectivity index (χ2n) is 6.76. The Morgan fingerprint density at radius 1 is 0.920 bits per heavy atom. The molecular weight excluding hydrogens is 316 g/mol. The van der Waals surface area contributed by atoms with Gasteiger partial charge in [0.1, 0.15) is 11.4 Å². The van der Waals surface area contributed by atoms with Crippen LogP contribution in [-0.2, 0) is 0 Å². The Morgan fingerprint density at radius 2 is 1.52 bits per heavy atom. The lowest BCUT2D eigenvalue weighted by Gasteiger charge is -2.26. The van der Waals surface area contributed by atoms with Crippen LogP contribution in [0, 0.1) is 0 Å². The highest BCUT2D eigenvalue weighted by Crippen LogP contribution is 2.20. The van der Waals surface area contributed by atoms with Crippen LogP contribution < -0.4 is 21.5 Å². The van der Waals surface area contributed by atoms with Crippen LogP contribution in [0.1, 0.15) is 18.0 Å². The van der Waals surface area contributed by atoms with Gasteiger partial charge in [-0.15, -0.1) is 0 Å². The maximum absolute atomic E-state index is 11.9. The third-order valence-electron chi connectivity index (χ3n) is 4.27. The van der Waals surface area contributed by atoms with Gasteiger partial charge in [0.2, 0.25) is 0 Å². The molecule has 2 rings (SSSR count). The average Bonchev–Trinajstić information content (AvgIpc) is 2.59. The fourth-order valence-corrected chi connectivity index (χ4v) is 2.81. The summed E-state index contributed by atoms with van der Waals surface area (Å²) >= 11 is 0. The first-order chi connectivity index (χ1) is 11.9. The Morgan fingerprint density at radius 3 is 2.08 bits per heavy atom. The van der Waals surface area contributed by atoms with E-state index < -0.39 is 10.9 Å². The molecule has 0 spiro atoms. The molecule has 0 saturated carbocycles. The van der Waals surface area contributed by atoms with Crippen LogP contribution in [0.5, 0.6) is 0 Å². The Balaban J connectivity index is 1.99. The van der Waals surface area contributed by atoms with E-state index >= 15 is 0 Å². The van der Waals surface area contributed by atoms with Gasteiger partial charge in [-0.05, 0) is 46.7 Å². The van der Waals surface area contributed by atoms with Gasteiger partial charge in [0, 0.05) is 13.1 Å². The van der Waals surface area contributed by atoms with Gasteiger partial charge in [0.25, 0.3) is 10.9 Å². The molecule has 2 aromatic carbocycles. The van der Waals surface area contributed by atoms with Gasteiger partial charge >= 0.3 is 0 Å². The highest BCUT2D eigenvalue weighted by Gasteiger charge is 2.22. The minimum atomic E-state index is -0.430. The first-order valence-electron chi connectivity index (χ1n) is 8.59. The standard InChI is InChI=1S/C19H28N4O2/c1-22(2)12-8-11-20-16-17(19(25)18(16)24)21-13-15(23(3)4)14-9-6-5-7-10-14/h5-7,9-10,15,20-21H,8,11-13H2,1-4H3/t15-/m1/s1. The van der Waals surface area contributed by atoms with E-state index in [0.717, 1.165) is 13.0 Å². The number of nitrogens with one attached hydrogen (secondary N) is 2. The van der Waals surface area contributed by atoms with Gasteiger partial charge in [-0.2, -0.15) is 0 Å². The van der Waals surface area contributed by atoms with Crippen molar-refractivity contribution in [3.63, 3.8) is 0 Å². The number of hydrogen-bond acceptors (Lipinski definition) is 6. The van der Waals surface area contributed by atoms with Crippen LogP contribution in [0.4, 0.5) is 11.4 Å². The summed E-state index contributed by atoms with van der Waals surface area (Å²) in [6, 6.07) is 10.2. The molecule has 0 aromatic heterocycles. The van der Waals surface area contributed by atoms with Crippen molar-refractivity contribution in [3.05, 3.63) is 56.3 Å². The third-order valence-corrected chi connectivity index (χ3v) is 4.27. The maximum Gasteiger partial charge on any atom is 0.253 e. The first-order valence-corrected chi connectivity index (χ1v) is 8.59. The summed E-state index contributed by atoms with van der Waals surface area (Å²) in [5, 5.41) is 6.28. The molecule has 6 heteroatoms.